The van der Waals surface area contributed by atoms with E-state index in [0.29, 0.717) is 5.69 Å². The van der Waals surface area contributed by atoms with E-state index in [0.717, 1.165) is 12.1 Å². The van der Waals surface area contributed by atoms with Crippen molar-refractivity contribution in [1.29, 1.82) is 0 Å². The number of aryl methyl sites for hydroxylation is 1. The fourth-order valence-corrected chi connectivity index (χ4v) is 3.01. The molecular weight excluding hydrogens is 278 g/mol. The second-order valence-electron chi connectivity index (χ2n) is 5.82. The molecule has 2 aromatic rings. The van der Waals surface area contributed by atoms with Crippen LogP contribution in [0.15, 0.2) is 41.2 Å². The van der Waals surface area contributed by atoms with Gasteiger partial charge in [-0.3, -0.25) is 9.59 Å². The van der Waals surface area contributed by atoms with Crippen LogP contribution in [-0.2, 0) is 11.2 Å². The van der Waals surface area contributed by atoms with E-state index in [1.165, 1.54) is 16.3 Å². The molecule has 0 unspecified atom stereocenters. The first-order valence-electron chi connectivity index (χ1n) is 7.46. The van der Waals surface area contributed by atoms with Gasteiger partial charge in [-0.25, -0.2) is 4.68 Å². The number of carbonyl (C=O) groups is 1. The molecule has 1 aliphatic rings. The lowest BCUT2D eigenvalue weighted by molar-refractivity contribution is -0.122. The number of para-hydroxylation sites is 1. The van der Waals surface area contributed by atoms with Gasteiger partial charge in [-0.05, 0) is 44.9 Å². The monoisotopic (exact) mass is 297 g/mol. The quantitative estimate of drug-likeness (QED) is 0.853. The van der Waals surface area contributed by atoms with Crippen LogP contribution in [0, 0.1) is 6.92 Å². The minimum absolute atomic E-state index is 0.0906. The highest BCUT2D eigenvalue weighted by Crippen LogP contribution is 2.33. The summed E-state index contributed by atoms with van der Waals surface area (Å²) in [5, 5.41) is 4.20. The second-order valence-corrected chi connectivity index (χ2v) is 5.82. The van der Waals surface area contributed by atoms with E-state index in [2.05, 4.69) is 5.10 Å². The van der Waals surface area contributed by atoms with E-state index in [4.69, 9.17) is 0 Å². The molecular formula is C17H19N3O2. The maximum atomic E-state index is 12.9. The van der Waals surface area contributed by atoms with Crippen molar-refractivity contribution in [2.75, 3.05) is 4.90 Å². The first-order valence-corrected chi connectivity index (χ1v) is 7.46. The van der Waals surface area contributed by atoms with Crippen molar-refractivity contribution in [3.63, 3.8) is 0 Å². The SMILES string of the molecule is Cc1ccc(=O)n([C@@H](C)C(=O)N2c3ccccc3C[C@@H]2C)n1. The number of carbonyl (C=O) groups excluding carboxylic acids is 1. The number of aromatic nitrogens is 2. The smallest absolute Gasteiger partial charge is 0.267 e. The molecule has 0 saturated carbocycles. The highest BCUT2D eigenvalue weighted by molar-refractivity contribution is 5.98. The van der Waals surface area contributed by atoms with E-state index in [1.54, 1.807) is 24.8 Å². The van der Waals surface area contributed by atoms with Gasteiger partial charge in [-0.2, -0.15) is 5.10 Å². The van der Waals surface area contributed by atoms with Gasteiger partial charge in [-0.15, -0.1) is 0 Å². The average Bonchev–Trinajstić information content (AvgIpc) is 2.84. The molecule has 5 heteroatoms. The van der Waals surface area contributed by atoms with Gasteiger partial charge in [0.25, 0.3) is 11.5 Å². The number of nitrogens with zero attached hydrogens (tertiary/aromatic N) is 3. The molecule has 1 aromatic heterocycles. The van der Waals surface area contributed by atoms with Crippen molar-refractivity contribution in [2.24, 2.45) is 0 Å². The largest absolute Gasteiger partial charge is 0.307 e. The van der Waals surface area contributed by atoms with Crippen molar-refractivity contribution >= 4 is 11.6 Å². The Morgan fingerprint density at radius 2 is 2.00 bits per heavy atom. The van der Waals surface area contributed by atoms with Gasteiger partial charge < -0.3 is 4.90 Å². The number of anilines is 1. The molecule has 1 aliphatic heterocycles. The molecule has 3 rings (SSSR count). The number of hydrogen-bond acceptors (Lipinski definition) is 3. The van der Waals surface area contributed by atoms with Crippen molar-refractivity contribution in [1.82, 2.24) is 9.78 Å². The molecule has 0 N–H and O–H groups in total. The third-order valence-electron chi connectivity index (χ3n) is 4.13. The van der Waals surface area contributed by atoms with Gasteiger partial charge in [0.2, 0.25) is 0 Å². The van der Waals surface area contributed by atoms with Gasteiger partial charge in [0, 0.05) is 17.8 Å². The predicted molar refractivity (Wildman–Crippen MR) is 85.0 cm³/mol. The van der Waals surface area contributed by atoms with E-state index in [-0.39, 0.29) is 17.5 Å². The highest BCUT2D eigenvalue weighted by atomic mass is 16.2. The molecule has 2 atom stereocenters. The Morgan fingerprint density at radius 3 is 2.77 bits per heavy atom. The zero-order valence-corrected chi connectivity index (χ0v) is 13.0. The van der Waals surface area contributed by atoms with Crippen LogP contribution in [0.4, 0.5) is 5.69 Å². The molecule has 0 aliphatic carbocycles. The molecule has 5 nitrogen and oxygen atoms in total. The van der Waals surface area contributed by atoms with Crippen molar-refractivity contribution in [3.05, 3.63) is 58.0 Å². The van der Waals surface area contributed by atoms with Crippen LogP contribution >= 0.6 is 0 Å². The molecule has 2 heterocycles. The summed E-state index contributed by atoms with van der Waals surface area (Å²) in [4.78, 5) is 26.7. The predicted octanol–water partition coefficient (Wildman–Crippen LogP) is 2.09. The lowest BCUT2D eigenvalue weighted by Gasteiger charge is -2.26. The number of rotatable bonds is 2. The third kappa shape index (κ3) is 2.32. The first-order chi connectivity index (χ1) is 10.5. The van der Waals surface area contributed by atoms with Crippen LogP contribution < -0.4 is 10.5 Å². The topological polar surface area (TPSA) is 55.2 Å². The van der Waals surface area contributed by atoms with Crippen molar-refractivity contribution < 1.29 is 4.79 Å². The molecule has 1 amide bonds. The summed E-state index contributed by atoms with van der Waals surface area (Å²) in [6, 6.07) is 10.5. The Kier molecular flexibility index (Phi) is 3.56. The second kappa shape index (κ2) is 5.40. The van der Waals surface area contributed by atoms with E-state index in [1.807, 2.05) is 31.2 Å². The lowest BCUT2D eigenvalue weighted by Crippen LogP contribution is -2.43. The van der Waals surface area contributed by atoms with Crippen molar-refractivity contribution in [2.45, 2.75) is 39.3 Å². The van der Waals surface area contributed by atoms with Gasteiger partial charge in [0.1, 0.15) is 6.04 Å². The Hall–Kier alpha value is -2.43. The summed E-state index contributed by atoms with van der Waals surface area (Å²) in [5.41, 5.74) is 2.56. The number of hydrogen-bond donors (Lipinski definition) is 0. The zero-order valence-electron chi connectivity index (χ0n) is 13.0. The summed E-state index contributed by atoms with van der Waals surface area (Å²) >= 11 is 0. The van der Waals surface area contributed by atoms with E-state index in [9.17, 15) is 9.59 Å². The Labute approximate surface area is 129 Å². The third-order valence-corrected chi connectivity index (χ3v) is 4.13. The molecule has 22 heavy (non-hydrogen) atoms. The number of benzene rings is 1. The first kappa shape index (κ1) is 14.5. The zero-order chi connectivity index (χ0) is 15.9. The van der Waals surface area contributed by atoms with E-state index < -0.39 is 6.04 Å². The Balaban J connectivity index is 1.97. The van der Waals surface area contributed by atoms with Crippen molar-refractivity contribution in [3.8, 4) is 0 Å². The molecule has 0 spiro atoms. The molecule has 0 radical (unpaired) electrons. The van der Waals surface area contributed by atoms with Gasteiger partial charge in [-0.1, -0.05) is 18.2 Å². The molecule has 0 fully saturated rings. The maximum Gasteiger partial charge on any atom is 0.267 e. The number of amides is 1. The minimum atomic E-state index is -0.624. The van der Waals surface area contributed by atoms with Crippen LogP contribution in [0.1, 0.15) is 31.1 Å². The summed E-state index contributed by atoms with van der Waals surface area (Å²) in [7, 11) is 0. The lowest BCUT2D eigenvalue weighted by atomic mass is 10.1. The minimum Gasteiger partial charge on any atom is -0.307 e. The Morgan fingerprint density at radius 1 is 1.27 bits per heavy atom. The van der Waals surface area contributed by atoms with Crippen LogP contribution in [0.3, 0.4) is 0 Å². The normalized spacial score (nSPS) is 18.1. The fraction of sp³-hybridized carbons (Fsp3) is 0.353. The summed E-state index contributed by atoms with van der Waals surface area (Å²) < 4.78 is 1.27. The van der Waals surface area contributed by atoms with Crippen LogP contribution in [0.5, 0.6) is 0 Å². The molecule has 0 bridgehead atoms. The van der Waals surface area contributed by atoms with Crippen LogP contribution in [0.25, 0.3) is 0 Å². The van der Waals surface area contributed by atoms with Crippen LogP contribution in [0.2, 0.25) is 0 Å². The average molecular weight is 297 g/mol. The summed E-state index contributed by atoms with van der Waals surface area (Å²) in [6.45, 7) is 5.56. The highest BCUT2D eigenvalue weighted by Gasteiger charge is 2.34. The fourth-order valence-electron chi connectivity index (χ4n) is 3.01. The molecule has 0 saturated heterocycles. The molecule has 1 aromatic carbocycles. The standard InChI is InChI=1S/C17H19N3O2/c1-11-8-9-16(21)20(18-11)13(3)17(22)19-12(2)10-14-6-4-5-7-15(14)19/h4-9,12-13H,10H2,1-3H3/t12-,13-/m0/s1. The van der Waals surface area contributed by atoms with Crippen LogP contribution in [-0.4, -0.2) is 21.7 Å². The molecule has 114 valence electrons. The number of fused-ring (bicyclic) bond motifs is 1. The van der Waals surface area contributed by atoms with Gasteiger partial charge >= 0.3 is 0 Å². The summed E-state index contributed by atoms with van der Waals surface area (Å²) in [5.74, 6) is -0.0994. The summed E-state index contributed by atoms with van der Waals surface area (Å²) in [6.07, 6.45) is 0.838. The van der Waals surface area contributed by atoms with Gasteiger partial charge in [0.15, 0.2) is 0 Å². The van der Waals surface area contributed by atoms with Gasteiger partial charge in [0.05, 0.1) is 5.69 Å². The van der Waals surface area contributed by atoms with E-state index >= 15 is 0 Å². The maximum absolute atomic E-state index is 12.9. The Bertz CT molecular complexity index is 781.